The van der Waals surface area contributed by atoms with E-state index in [1.165, 1.54) is 12.1 Å². The molecule has 0 saturated carbocycles. The van der Waals surface area contributed by atoms with Crippen LogP contribution in [0.5, 0.6) is 0 Å². The molecule has 1 saturated heterocycles. The van der Waals surface area contributed by atoms with Gasteiger partial charge in [0.15, 0.2) is 0 Å². The molecule has 1 aromatic carbocycles. The van der Waals surface area contributed by atoms with E-state index in [1.54, 1.807) is 6.07 Å². The van der Waals surface area contributed by atoms with Crippen LogP contribution >= 0.6 is 0 Å². The highest BCUT2D eigenvalue weighted by Crippen LogP contribution is 2.31. The molecule has 112 valence electrons. The number of unbranched alkanes of at least 4 members (excludes halogenated alkanes) is 1. The van der Waals surface area contributed by atoms with Gasteiger partial charge in [0.1, 0.15) is 0 Å². The summed E-state index contributed by atoms with van der Waals surface area (Å²) in [4.78, 5) is 2.05. The van der Waals surface area contributed by atoms with Crippen molar-refractivity contribution in [3.05, 3.63) is 29.8 Å². The van der Waals surface area contributed by atoms with Crippen LogP contribution in [0.1, 0.15) is 31.7 Å². The number of benzene rings is 1. The van der Waals surface area contributed by atoms with Crippen molar-refractivity contribution in [1.82, 2.24) is 5.32 Å². The fourth-order valence-electron chi connectivity index (χ4n) is 2.58. The number of piperazine rings is 1. The Morgan fingerprint density at radius 1 is 1.35 bits per heavy atom. The number of nitrogens with one attached hydrogen (secondary N) is 1. The van der Waals surface area contributed by atoms with Crippen molar-refractivity contribution in [2.45, 2.75) is 38.4 Å². The number of rotatable bonds is 4. The molecule has 1 aliphatic heterocycles. The molecule has 2 nitrogen and oxygen atoms in total. The second kappa shape index (κ2) is 6.48. The van der Waals surface area contributed by atoms with Crippen LogP contribution in [-0.2, 0) is 6.18 Å². The van der Waals surface area contributed by atoms with Crippen molar-refractivity contribution in [1.29, 1.82) is 0 Å². The van der Waals surface area contributed by atoms with Gasteiger partial charge in [0.05, 0.1) is 5.56 Å². The Hall–Kier alpha value is -1.23. The molecule has 5 heteroatoms. The molecule has 1 heterocycles. The zero-order valence-corrected chi connectivity index (χ0v) is 11.7. The largest absolute Gasteiger partial charge is 0.416 e. The molecular formula is C15H21F3N2. The molecule has 1 aromatic rings. The smallest absolute Gasteiger partial charge is 0.369 e. The molecule has 1 fully saturated rings. The number of nitrogens with zero attached hydrogens (tertiary/aromatic N) is 1. The average molecular weight is 286 g/mol. The monoisotopic (exact) mass is 286 g/mol. The van der Waals surface area contributed by atoms with E-state index in [-0.39, 0.29) is 0 Å². The summed E-state index contributed by atoms with van der Waals surface area (Å²) in [5.41, 5.74) is 0.0986. The predicted molar refractivity (Wildman–Crippen MR) is 75.0 cm³/mol. The van der Waals surface area contributed by atoms with E-state index in [4.69, 9.17) is 0 Å². The van der Waals surface area contributed by atoms with Crippen molar-refractivity contribution >= 4 is 5.69 Å². The summed E-state index contributed by atoms with van der Waals surface area (Å²) in [6.07, 6.45) is -0.909. The van der Waals surface area contributed by atoms with Crippen LogP contribution in [0.25, 0.3) is 0 Å². The van der Waals surface area contributed by atoms with Crippen LogP contribution in [0.2, 0.25) is 0 Å². The minimum atomic E-state index is -4.27. The number of hydrogen-bond acceptors (Lipinski definition) is 2. The van der Waals surface area contributed by atoms with Crippen molar-refractivity contribution in [3.8, 4) is 0 Å². The zero-order valence-electron chi connectivity index (χ0n) is 11.7. The Bertz CT molecular complexity index is 431. The quantitative estimate of drug-likeness (QED) is 0.908. The number of anilines is 1. The van der Waals surface area contributed by atoms with Gasteiger partial charge in [-0.15, -0.1) is 0 Å². The zero-order chi connectivity index (χ0) is 14.6. The van der Waals surface area contributed by atoms with Crippen LogP contribution in [-0.4, -0.2) is 25.7 Å². The second-order valence-corrected chi connectivity index (χ2v) is 5.29. The van der Waals surface area contributed by atoms with E-state index in [0.29, 0.717) is 11.7 Å². The van der Waals surface area contributed by atoms with Gasteiger partial charge in [-0.05, 0) is 24.6 Å². The normalized spacial score (nSPS) is 20.2. The van der Waals surface area contributed by atoms with Gasteiger partial charge in [-0.2, -0.15) is 13.2 Å². The lowest BCUT2D eigenvalue weighted by atomic mass is 10.1. The van der Waals surface area contributed by atoms with Crippen LogP contribution in [0, 0.1) is 0 Å². The predicted octanol–water partition coefficient (Wildman–Crippen LogP) is 3.67. The van der Waals surface area contributed by atoms with Gasteiger partial charge >= 0.3 is 6.18 Å². The fraction of sp³-hybridized carbons (Fsp3) is 0.600. The lowest BCUT2D eigenvalue weighted by molar-refractivity contribution is -0.137. The summed E-state index contributed by atoms with van der Waals surface area (Å²) < 4.78 is 38.2. The SMILES string of the molecule is CCCCC1CN(c2cccc(C(F)(F)F)c2)CCN1. The standard InChI is InChI=1S/C15H21F3N2/c1-2-3-6-13-11-20(9-8-19-13)14-7-4-5-12(10-14)15(16,17)18/h4-5,7,10,13,19H,2-3,6,8-9,11H2,1H3. The molecule has 1 atom stereocenters. The summed E-state index contributed by atoms with van der Waals surface area (Å²) in [5, 5.41) is 3.43. The highest BCUT2D eigenvalue weighted by atomic mass is 19.4. The summed E-state index contributed by atoms with van der Waals surface area (Å²) in [7, 11) is 0. The molecule has 0 aliphatic carbocycles. The summed E-state index contributed by atoms with van der Waals surface area (Å²) >= 11 is 0. The van der Waals surface area contributed by atoms with Crippen molar-refractivity contribution in [2.24, 2.45) is 0 Å². The first-order valence-corrected chi connectivity index (χ1v) is 7.16. The van der Waals surface area contributed by atoms with Crippen LogP contribution in [0.4, 0.5) is 18.9 Å². The minimum Gasteiger partial charge on any atom is -0.369 e. The minimum absolute atomic E-state index is 0.373. The fourth-order valence-corrected chi connectivity index (χ4v) is 2.58. The van der Waals surface area contributed by atoms with Crippen molar-refractivity contribution in [3.63, 3.8) is 0 Å². The van der Waals surface area contributed by atoms with Gasteiger partial charge in [0.2, 0.25) is 0 Å². The maximum absolute atomic E-state index is 12.7. The van der Waals surface area contributed by atoms with Gasteiger partial charge in [-0.25, -0.2) is 0 Å². The number of hydrogen-bond donors (Lipinski definition) is 1. The molecule has 1 N–H and O–H groups in total. The summed E-state index contributed by atoms with van der Waals surface area (Å²) in [6, 6.07) is 6.00. The molecule has 1 aliphatic rings. The van der Waals surface area contributed by atoms with Crippen molar-refractivity contribution in [2.75, 3.05) is 24.5 Å². The maximum atomic E-state index is 12.7. The third-order valence-electron chi connectivity index (χ3n) is 3.70. The maximum Gasteiger partial charge on any atom is 0.416 e. The van der Waals surface area contributed by atoms with E-state index in [1.807, 2.05) is 4.90 Å². The summed E-state index contributed by atoms with van der Waals surface area (Å²) in [6.45, 7) is 4.50. The van der Waals surface area contributed by atoms with E-state index in [0.717, 1.165) is 45.0 Å². The molecule has 0 bridgehead atoms. The third kappa shape index (κ3) is 3.88. The van der Waals surface area contributed by atoms with Gasteiger partial charge < -0.3 is 10.2 Å². The first-order valence-electron chi connectivity index (χ1n) is 7.16. The Kier molecular flexibility index (Phi) is 4.91. The molecule has 0 spiro atoms. The van der Waals surface area contributed by atoms with Crippen LogP contribution in [0.15, 0.2) is 24.3 Å². The average Bonchev–Trinajstić information content (AvgIpc) is 2.45. The topological polar surface area (TPSA) is 15.3 Å². The highest BCUT2D eigenvalue weighted by Gasteiger charge is 2.31. The van der Waals surface area contributed by atoms with Crippen LogP contribution < -0.4 is 10.2 Å². The molecular weight excluding hydrogens is 265 g/mol. The number of halogens is 3. The number of alkyl halides is 3. The van der Waals surface area contributed by atoms with E-state index >= 15 is 0 Å². The Labute approximate surface area is 118 Å². The Morgan fingerprint density at radius 2 is 2.15 bits per heavy atom. The van der Waals surface area contributed by atoms with E-state index in [2.05, 4.69) is 12.2 Å². The lowest BCUT2D eigenvalue weighted by Gasteiger charge is -2.35. The van der Waals surface area contributed by atoms with Gasteiger partial charge in [-0.1, -0.05) is 25.8 Å². The highest BCUT2D eigenvalue weighted by molar-refractivity contribution is 5.49. The first-order chi connectivity index (χ1) is 9.50. The Morgan fingerprint density at radius 3 is 2.85 bits per heavy atom. The third-order valence-corrected chi connectivity index (χ3v) is 3.70. The van der Waals surface area contributed by atoms with Gasteiger partial charge in [0.25, 0.3) is 0 Å². The first kappa shape index (κ1) is 15.2. The molecule has 0 aromatic heterocycles. The van der Waals surface area contributed by atoms with Crippen LogP contribution in [0.3, 0.4) is 0 Å². The molecule has 1 unspecified atom stereocenters. The van der Waals surface area contributed by atoms with Gasteiger partial charge in [0, 0.05) is 31.4 Å². The van der Waals surface area contributed by atoms with Crippen molar-refractivity contribution < 1.29 is 13.2 Å². The molecule has 2 rings (SSSR count). The lowest BCUT2D eigenvalue weighted by Crippen LogP contribution is -2.50. The Balaban J connectivity index is 2.07. The molecule has 20 heavy (non-hydrogen) atoms. The van der Waals surface area contributed by atoms with Gasteiger partial charge in [-0.3, -0.25) is 0 Å². The summed E-state index contributed by atoms with van der Waals surface area (Å²) in [5.74, 6) is 0. The second-order valence-electron chi connectivity index (χ2n) is 5.29. The van der Waals surface area contributed by atoms with E-state index in [9.17, 15) is 13.2 Å². The van der Waals surface area contributed by atoms with E-state index < -0.39 is 11.7 Å². The molecule has 0 radical (unpaired) electrons. The molecule has 0 amide bonds.